The van der Waals surface area contributed by atoms with Crippen molar-refractivity contribution in [3.05, 3.63) is 113 Å². The number of anilines is 1. The summed E-state index contributed by atoms with van der Waals surface area (Å²) in [6.45, 7) is -0.0187. The molecule has 1 saturated heterocycles. The number of para-hydroxylation sites is 1. The number of rotatable bonds is 6. The molecule has 3 unspecified atom stereocenters. The van der Waals surface area contributed by atoms with Gasteiger partial charge in [0, 0.05) is 33.5 Å². The summed E-state index contributed by atoms with van der Waals surface area (Å²) in [7, 11) is 0. The highest BCUT2D eigenvalue weighted by molar-refractivity contribution is 8.00. The number of imide groups is 1. The number of hydrogen-bond donors (Lipinski definition) is 1. The Morgan fingerprint density at radius 1 is 1.02 bits per heavy atom. The topological polar surface area (TPSA) is 123 Å². The van der Waals surface area contributed by atoms with Crippen molar-refractivity contribution in [2.45, 2.75) is 29.0 Å². The first-order valence-electron chi connectivity index (χ1n) is 12.5. The van der Waals surface area contributed by atoms with Gasteiger partial charge in [-0.15, -0.1) is 0 Å². The van der Waals surface area contributed by atoms with Crippen LogP contribution in [0, 0.1) is 16.0 Å². The second kappa shape index (κ2) is 10.8. The summed E-state index contributed by atoms with van der Waals surface area (Å²) in [6, 6.07) is 14.8. The van der Waals surface area contributed by atoms with Crippen molar-refractivity contribution < 1.29 is 32.4 Å². The number of nitro groups is 1. The maximum atomic E-state index is 14.0. The van der Waals surface area contributed by atoms with Crippen molar-refractivity contribution in [2.75, 3.05) is 4.90 Å². The number of hydrogen-bond acceptors (Lipinski definition) is 8. The van der Waals surface area contributed by atoms with Crippen molar-refractivity contribution in [3.63, 3.8) is 0 Å². The van der Waals surface area contributed by atoms with Crippen molar-refractivity contribution in [1.82, 2.24) is 4.98 Å². The largest absolute Gasteiger partial charge is 0.489 e. The molecular weight excluding hydrogens is 631 g/mol. The van der Waals surface area contributed by atoms with Crippen LogP contribution in [0.2, 0.25) is 5.02 Å². The Balaban J connectivity index is 1.50. The molecule has 0 saturated carbocycles. The predicted octanol–water partition coefficient (Wildman–Crippen LogP) is 6.39. The number of carbonyl (C=O) groups is 2. The van der Waals surface area contributed by atoms with Crippen molar-refractivity contribution >= 4 is 57.9 Å². The number of aromatic amines is 1. The highest BCUT2D eigenvalue weighted by Crippen LogP contribution is 2.55. The molecule has 1 fully saturated rings. The van der Waals surface area contributed by atoms with Crippen molar-refractivity contribution in [2.24, 2.45) is 5.92 Å². The van der Waals surface area contributed by atoms with Gasteiger partial charge in [-0.3, -0.25) is 24.5 Å². The standard InChI is InChI=1S/C28H17ClF3N3O6S2/c29-14-5-3-4-13(10-14)12-41-19-9-8-15(35(39)40)11-16(19)20-21-23(42-24-22(20)43-27(38)33-24)26(37)34(25(21)36)18-7-2-1-6-17(18)28(30,31)32/h1-11,20-21,23H,12H2,(H,33,38). The molecule has 15 heteroatoms. The number of nitro benzene ring substituents is 1. The molecule has 220 valence electrons. The van der Waals surface area contributed by atoms with E-state index < -0.39 is 56.1 Å². The number of H-pyrrole nitrogens is 1. The Morgan fingerprint density at radius 3 is 2.51 bits per heavy atom. The lowest BCUT2D eigenvalue weighted by Crippen LogP contribution is -2.33. The summed E-state index contributed by atoms with van der Waals surface area (Å²) in [4.78, 5) is 54.3. The van der Waals surface area contributed by atoms with Gasteiger partial charge < -0.3 is 9.72 Å². The summed E-state index contributed by atoms with van der Waals surface area (Å²) in [5.74, 6) is -4.12. The molecule has 2 amide bonds. The molecule has 6 rings (SSSR count). The van der Waals surface area contributed by atoms with E-state index >= 15 is 0 Å². The van der Waals surface area contributed by atoms with Gasteiger partial charge in [0.15, 0.2) is 0 Å². The Hall–Kier alpha value is -4.14. The quantitative estimate of drug-likeness (QED) is 0.146. The summed E-state index contributed by atoms with van der Waals surface area (Å²) in [5.41, 5.74) is -1.33. The van der Waals surface area contributed by atoms with Crippen LogP contribution >= 0.6 is 34.7 Å². The van der Waals surface area contributed by atoms with Gasteiger partial charge in [-0.25, -0.2) is 4.90 Å². The molecule has 3 heterocycles. The molecular formula is C28H17ClF3N3O6S2. The maximum absolute atomic E-state index is 14.0. The highest BCUT2D eigenvalue weighted by Gasteiger charge is 2.58. The lowest BCUT2D eigenvalue weighted by atomic mass is 9.82. The summed E-state index contributed by atoms with van der Waals surface area (Å²) in [6.07, 6.45) is -4.86. The number of non-ortho nitro benzene ring substituents is 1. The lowest BCUT2D eigenvalue weighted by Gasteiger charge is -2.30. The molecule has 0 radical (unpaired) electrons. The zero-order valence-corrected chi connectivity index (χ0v) is 23.9. The zero-order valence-electron chi connectivity index (χ0n) is 21.5. The third-order valence-electron chi connectivity index (χ3n) is 7.10. The van der Waals surface area contributed by atoms with Crippen LogP contribution in [-0.4, -0.2) is 27.0 Å². The second-order valence-electron chi connectivity index (χ2n) is 9.67. The fourth-order valence-electron chi connectivity index (χ4n) is 5.31. The van der Waals surface area contributed by atoms with E-state index in [1.807, 2.05) is 0 Å². The minimum Gasteiger partial charge on any atom is -0.489 e. The highest BCUT2D eigenvalue weighted by atomic mass is 35.5. The fraction of sp³-hybridized carbons (Fsp3) is 0.179. The third kappa shape index (κ3) is 5.19. The van der Waals surface area contributed by atoms with Crippen LogP contribution in [-0.2, 0) is 22.4 Å². The van der Waals surface area contributed by atoms with E-state index in [1.54, 1.807) is 24.3 Å². The molecule has 1 aromatic heterocycles. The Morgan fingerprint density at radius 2 is 1.79 bits per heavy atom. The number of aromatic nitrogens is 1. The Labute approximate surface area is 253 Å². The van der Waals surface area contributed by atoms with Crippen LogP contribution in [0.3, 0.4) is 0 Å². The Kier molecular flexibility index (Phi) is 7.30. The monoisotopic (exact) mass is 647 g/mol. The molecule has 0 bridgehead atoms. The number of benzene rings is 3. The van der Waals surface area contributed by atoms with Gasteiger partial charge in [-0.1, -0.05) is 59.0 Å². The van der Waals surface area contributed by atoms with Crippen LogP contribution in [0.5, 0.6) is 5.75 Å². The molecule has 3 aromatic carbocycles. The van der Waals surface area contributed by atoms with E-state index in [9.17, 15) is 37.7 Å². The van der Waals surface area contributed by atoms with E-state index in [4.69, 9.17) is 16.3 Å². The Bertz CT molecular complexity index is 1860. The number of nitrogens with one attached hydrogen (secondary N) is 1. The average Bonchev–Trinajstić information content (AvgIpc) is 3.45. The van der Waals surface area contributed by atoms with E-state index in [1.165, 1.54) is 24.3 Å². The van der Waals surface area contributed by atoms with Gasteiger partial charge in [-0.05, 0) is 35.9 Å². The number of amides is 2. The summed E-state index contributed by atoms with van der Waals surface area (Å²) < 4.78 is 47.8. The van der Waals surface area contributed by atoms with E-state index in [0.29, 0.717) is 20.4 Å². The van der Waals surface area contributed by atoms with E-state index in [0.717, 1.165) is 41.3 Å². The number of fused-ring (bicyclic) bond motifs is 2. The van der Waals surface area contributed by atoms with Crippen molar-refractivity contribution in [1.29, 1.82) is 0 Å². The molecule has 4 aromatic rings. The molecule has 43 heavy (non-hydrogen) atoms. The van der Waals surface area contributed by atoms with E-state index in [-0.39, 0.29) is 28.6 Å². The van der Waals surface area contributed by atoms with Gasteiger partial charge >= 0.3 is 11.0 Å². The first-order valence-corrected chi connectivity index (χ1v) is 14.6. The van der Waals surface area contributed by atoms with Crippen LogP contribution in [0.25, 0.3) is 0 Å². The number of thiazole rings is 1. The number of halogens is 4. The fourth-order valence-corrected chi connectivity index (χ4v) is 8.03. The average molecular weight is 648 g/mol. The molecule has 0 spiro atoms. The molecule has 2 aliphatic rings. The molecule has 3 atom stereocenters. The summed E-state index contributed by atoms with van der Waals surface area (Å²) in [5, 5.41) is 11.3. The predicted molar refractivity (Wildman–Crippen MR) is 153 cm³/mol. The minimum atomic E-state index is -4.86. The molecule has 0 aliphatic carbocycles. The van der Waals surface area contributed by atoms with Gasteiger partial charge in [0.25, 0.3) is 5.69 Å². The van der Waals surface area contributed by atoms with Crippen LogP contribution in [0.15, 0.2) is 76.6 Å². The lowest BCUT2D eigenvalue weighted by molar-refractivity contribution is -0.385. The first-order chi connectivity index (χ1) is 20.4. The maximum Gasteiger partial charge on any atom is 0.418 e. The number of thioether (sulfide) groups is 1. The van der Waals surface area contributed by atoms with Crippen molar-refractivity contribution in [3.8, 4) is 5.75 Å². The molecule has 2 aliphatic heterocycles. The number of nitrogens with zero attached hydrogens (tertiary/aromatic N) is 2. The molecule has 9 nitrogen and oxygen atoms in total. The normalized spacial score (nSPS) is 19.7. The van der Waals surface area contributed by atoms with Gasteiger partial charge in [0.1, 0.15) is 17.6 Å². The number of alkyl halides is 3. The van der Waals surface area contributed by atoms with Crippen LogP contribution < -0.4 is 14.5 Å². The zero-order chi connectivity index (χ0) is 30.6. The smallest absolute Gasteiger partial charge is 0.418 e. The number of carbonyl (C=O) groups excluding carboxylic acids is 2. The molecule has 1 N–H and O–H groups in total. The second-order valence-corrected chi connectivity index (χ2v) is 12.3. The van der Waals surface area contributed by atoms with Gasteiger partial charge in [-0.2, -0.15) is 13.2 Å². The van der Waals surface area contributed by atoms with Gasteiger partial charge in [0.05, 0.1) is 27.1 Å². The SMILES string of the molecule is O=C1C2Sc3[nH]c(=O)sc3C(c3cc([N+](=O)[O-])ccc3OCc3cccc(Cl)c3)C2C(=O)N1c1ccccc1C(F)(F)F. The minimum absolute atomic E-state index is 0.0187. The van der Waals surface area contributed by atoms with Crippen LogP contribution in [0.4, 0.5) is 24.5 Å². The number of ether oxygens (including phenoxy) is 1. The van der Waals surface area contributed by atoms with Gasteiger partial charge in [0.2, 0.25) is 11.8 Å². The van der Waals surface area contributed by atoms with E-state index in [2.05, 4.69) is 4.98 Å². The summed E-state index contributed by atoms with van der Waals surface area (Å²) >= 11 is 7.70. The van der Waals surface area contributed by atoms with Crippen LogP contribution in [0.1, 0.15) is 27.5 Å². The third-order valence-corrected chi connectivity index (χ3v) is 9.73. The first kappa shape index (κ1) is 29.0.